The number of hydrogen-bond donors (Lipinski definition) is 2. The van der Waals surface area contributed by atoms with Crippen LogP contribution in [0.5, 0.6) is 0 Å². The lowest BCUT2D eigenvalue weighted by Crippen LogP contribution is -2.23. The molecule has 2 N–H and O–H groups in total. The topological polar surface area (TPSA) is 75.3 Å². The predicted molar refractivity (Wildman–Crippen MR) is 113 cm³/mol. The molecule has 0 heterocycles. The normalized spacial score (nSPS) is 10.3. The fraction of sp³-hybridized carbons (Fsp3) is 0.125. The molecular formula is C24H22N2O3. The lowest BCUT2D eigenvalue weighted by Gasteiger charge is -2.09. The molecule has 0 radical (unpaired) electrons. The van der Waals surface area contributed by atoms with Gasteiger partial charge in [0.05, 0.1) is 0 Å². The fourth-order valence-corrected chi connectivity index (χ4v) is 2.90. The number of ketones is 1. The van der Waals surface area contributed by atoms with E-state index < -0.39 is 0 Å². The van der Waals surface area contributed by atoms with Crippen molar-refractivity contribution in [2.45, 2.75) is 20.4 Å². The highest BCUT2D eigenvalue weighted by Gasteiger charge is 2.11. The zero-order valence-electron chi connectivity index (χ0n) is 16.4. The second kappa shape index (κ2) is 8.97. The number of carbonyl (C=O) groups excluding carboxylic acids is 3. The summed E-state index contributed by atoms with van der Waals surface area (Å²) in [5.74, 6) is -0.604. The van der Waals surface area contributed by atoms with E-state index in [1.807, 2.05) is 31.2 Å². The summed E-state index contributed by atoms with van der Waals surface area (Å²) in [6.07, 6.45) is 0. The Hall–Kier alpha value is -3.73. The molecule has 29 heavy (non-hydrogen) atoms. The van der Waals surface area contributed by atoms with Crippen LogP contribution in [0.1, 0.15) is 49.1 Å². The van der Waals surface area contributed by atoms with E-state index in [0.29, 0.717) is 28.9 Å². The molecule has 3 rings (SSSR count). The molecule has 3 aromatic carbocycles. The second-order valence-corrected chi connectivity index (χ2v) is 6.84. The molecular weight excluding hydrogens is 364 g/mol. The Morgan fingerprint density at radius 2 is 1.41 bits per heavy atom. The average molecular weight is 386 g/mol. The van der Waals surface area contributed by atoms with Crippen molar-refractivity contribution in [2.75, 3.05) is 5.32 Å². The summed E-state index contributed by atoms with van der Waals surface area (Å²) in [5.41, 5.74) is 4.10. The Balaban J connectivity index is 1.65. The summed E-state index contributed by atoms with van der Waals surface area (Å²) >= 11 is 0. The maximum atomic E-state index is 12.5. The number of amides is 2. The number of aryl methyl sites for hydroxylation is 1. The van der Waals surface area contributed by atoms with Crippen molar-refractivity contribution in [1.29, 1.82) is 0 Å². The molecule has 0 aliphatic rings. The molecule has 0 atom stereocenters. The monoisotopic (exact) mass is 386 g/mol. The molecule has 0 aromatic heterocycles. The number of Topliss-reactive ketones (excluding diaryl/α,β-unsaturated/α-hetero) is 1. The van der Waals surface area contributed by atoms with Gasteiger partial charge in [0.15, 0.2) is 5.78 Å². The third-order valence-corrected chi connectivity index (χ3v) is 4.47. The Morgan fingerprint density at radius 1 is 0.759 bits per heavy atom. The fourth-order valence-electron chi connectivity index (χ4n) is 2.90. The minimum absolute atomic E-state index is 0.0350. The first kappa shape index (κ1) is 20.0. The predicted octanol–water partition coefficient (Wildman–Crippen LogP) is 4.38. The first-order valence-corrected chi connectivity index (χ1v) is 9.28. The van der Waals surface area contributed by atoms with Gasteiger partial charge in [0.25, 0.3) is 11.8 Å². The molecule has 0 saturated heterocycles. The van der Waals surface area contributed by atoms with Crippen LogP contribution in [0.4, 0.5) is 5.69 Å². The van der Waals surface area contributed by atoms with E-state index in [9.17, 15) is 14.4 Å². The van der Waals surface area contributed by atoms with Crippen molar-refractivity contribution in [3.8, 4) is 0 Å². The SMILES string of the molecule is CC(=O)c1ccc(NC(=O)c2cccc(C(=O)NCc3cccc(C)c3)c2)cc1. The van der Waals surface area contributed by atoms with Crippen molar-refractivity contribution in [3.05, 3.63) is 101 Å². The van der Waals surface area contributed by atoms with Crippen LogP contribution in [0.2, 0.25) is 0 Å². The first-order valence-electron chi connectivity index (χ1n) is 9.28. The number of rotatable bonds is 6. The van der Waals surface area contributed by atoms with Gasteiger partial charge in [-0.05, 0) is 61.9 Å². The molecule has 3 aromatic rings. The molecule has 2 amide bonds. The summed E-state index contributed by atoms with van der Waals surface area (Å²) in [6.45, 7) is 3.91. The van der Waals surface area contributed by atoms with E-state index in [1.54, 1.807) is 48.5 Å². The van der Waals surface area contributed by atoms with Crippen LogP contribution in [-0.2, 0) is 6.54 Å². The number of anilines is 1. The Kier molecular flexibility index (Phi) is 6.19. The van der Waals surface area contributed by atoms with Crippen LogP contribution >= 0.6 is 0 Å². The summed E-state index contributed by atoms with van der Waals surface area (Å²) in [7, 11) is 0. The summed E-state index contributed by atoms with van der Waals surface area (Å²) in [4.78, 5) is 36.3. The van der Waals surface area contributed by atoms with Gasteiger partial charge >= 0.3 is 0 Å². The maximum Gasteiger partial charge on any atom is 0.255 e. The van der Waals surface area contributed by atoms with Gasteiger partial charge in [-0.15, -0.1) is 0 Å². The molecule has 0 aliphatic heterocycles. The van der Waals surface area contributed by atoms with Crippen LogP contribution in [0.25, 0.3) is 0 Å². The molecule has 5 heteroatoms. The van der Waals surface area contributed by atoms with Gasteiger partial charge in [-0.1, -0.05) is 35.9 Å². The first-order chi connectivity index (χ1) is 13.9. The van der Waals surface area contributed by atoms with Crippen LogP contribution in [-0.4, -0.2) is 17.6 Å². The molecule has 0 unspecified atom stereocenters. The van der Waals surface area contributed by atoms with E-state index in [0.717, 1.165) is 11.1 Å². The average Bonchev–Trinajstić information content (AvgIpc) is 2.72. The number of hydrogen-bond acceptors (Lipinski definition) is 3. The number of carbonyl (C=O) groups is 3. The number of benzene rings is 3. The van der Waals surface area contributed by atoms with E-state index >= 15 is 0 Å². The van der Waals surface area contributed by atoms with Crippen molar-refractivity contribution in [1.82, 2.24) is 5.32 Å². The van der Waals surface area contributed by atoms with Crippen molar-refractivity contribution in [2.24, 2.45) is 0 Å². The highest BCUT2D eigenvalue weighted by Crippen LogP contribution is 2.13. The van der Waals surface area contributed by atoms with E-state index in [4.69, 9.17) is 0 Å². The van der Waals surface area contributed by atoms with Crippen molar-refractivity contribution < 1.29 is 14.4 Å². The zero-order valence-corrected chi connectivity index (χ0v) is 16.4. The zero-order chi connectivity index (χ0) is 20.8. The van der Waals surface area contributed by atoms with Crippen LogP contribution in [0.15, 0.2) is 72.8 Å². The standard InChI is InChI=1S/C24H22N2O3/c1-16-5-3-6-18(13-16)15-25-23(28)20-7-4-8-21(14-20)24(29)26-22-11-9-19(10-12-22)17(2)27/h3-14H,15H2,1-2H3,(H,25,28)(H,26,29). The Labute approximate surface area is 169 Å². The van der Waals surface area contributed by atoms with Crippen molar-refractivity contribution >= 4 is 23.3 Å². The lowest BCUT2D eigenvalue weighted by molar-refractivity contribution is 0.0950. The maximum absolute atomic E-state index is 12.5. The van der Waals surface area contributed by atoms with Gasteiger partial charge < -0.3 is 10.6 Å². The Morgan fingerprint density at radius 3 is 2.07 bits per heavy atom. The summed E-state index contributed by atoms with van der Waals surface area (Å²) in [6, 6.07) is 21.1. The minimum atomic E-state index is -0.325. The molecule has 0 aliphatic carbocycles. The van der Waals surface area contributed by atoms with Crippen LogP contribution in [0.3, 0.4) is 0 Å². The molecule has 146 valence electrons. The highest BCUT2D eigenvalue weighted by molar-refractivity contribution is 6.06. The number of nitrogens with one attached hydrogen (secondary N) is 2. The van der Waals surface area contributed by atoms with E-state index in [2.05, 4.69) is 10.6 Å². The minimum Gasteiger partial charge on any atom is -0.348 e. The van der Waals surface area contributed by atoms with Gasteiger partial charge in [0, 0.05) is 28.9 Å². The summed E-state index contributed by atoms with van der Waals surface area (Å²) < 4.78 is 0. The van der Waals surface area contributed by atoms with Gasteiger partial charge in [0.1, 0.15) is 0 Å². The van der Waals surface area contributed by atoms with E-state index in [1.165, 1.54) is 6.92 Å². The smallest absolute Gasteiger partial charge is 0.255 e. The Bertz CT molecular complexity index is 1060. The second-order valence-electron chi connectivity index (χ2n) is 6.84. The third kappa shape index (κ3) is 5.39. The summed E-state index contributed by atoms with van der Waals surface area (Å²) in [5, 5.41) is 5.65. The van der Waals surface area contributed by atoms with E-state index in [-0.39, 0.29) is 17.6 Å². The quantitative estimate of drug-likeness (QED) is 0.618. The van der Waals surface area contributed by atoms with Gasteiger partial charge in [0.2, 0.25) is 0 Å². The molecule has 0 saturated carbocycles. The molecule has 0 bridgehead atoms. The van der Waals surface area contributed by atoms with Crippen LogP contribution in [0, 0.1) is 6.92 Å². The highest BCUT2D eigenvalue weighted by atomic mass is 16.2. The largest absolute Gasteiger partial charge is 0.348 e. The van der Waals surface area contributed by atoms with Crippen molar-refractivity contribution in [3.63, 3.8) is 0 Å². The van der Waals surface area contributed by atoms with Crippen LogP contribution < -0.4 is 10.6 Å². The van der Waals surface area contributed by atoms with Gasteiger partial charge in [-0.3, -0.25) is 14.4 Å². The van der Waals surface area contributed by atoms with Gasteiger partial charge in [-0.2, -0.15) is 0 Å². The molecule has 5 nitrogen and oxygen atoms in total. The molecule has 0 spiro atoms. The lowest BCUT2D eigenvalue weighted by atomic mass is 10.1. The van der Waals surface area contributed by atoms with Gasteiger partial charge in [-0.25, -0.2) is 0 Å². The third-order valence-electron chi connectivity index (χ3n) is 4.47. The molecule has 0 fully saturated rings.